The van der Waals surface area contributed by atoms with Gasteiger partial charge in [-0.2, -0.15) is 0 Å². The van der Waals surface area contributed by atoms with Gasteiger partial charge in [-0.1, -0.05) is 51.8 Å². The zero-order valence-corrected chi connectivity index (χ0v) is 13.1. The monoisotopic (exact) mass is 353 g/mol. The van der Waals surface area contributed by atoms with Gasteiger partial charge in [-0.05, 0) is 31.2 Å². The summed E-state index contributed by atoms with van der Waals surface area (Å²) in [6.07, 6.45) is 0. The Morgan fingerprint density at radius 1 is 1.25 bits per heavy atom. The minimum absolute atomic E-state index is 0.417. The van der Waals surface area contributed by atoms with Crippen molar-refractivity contribution in [2.45, 2.75) is 12.5 Å². The van der Waals surface area contributed by atoms with Crippen molar-refractivity contribution in [2.75, 3.05) is 5.32 Å². The number of anilines is 1. The number of carboxylic acid groups (broad SMARTS) is 1. The third-order valence-corrected chi connectivity index (χ3v) is 3.88. The Hall–Kier alpha value is -1.52. The van der Waals surface area contributed by atoms with Gasteiger partial charge in [0, 0.05) is 20.7 Å². The Morgan fingerprint density at radius 2 is 1.95 bits per heavy atom. The maximum atomic E-state index is 11.7. The van der Waals surface area contributed by atoms with Crippen molar-refractivity contribution >= 4 is 39.2 Å². The lowest BCUT2D eigenvalue weighted by Gasteiger charge is -2.29. The molecule has 0 aromatic heterocycles. The molecule has 0 aliphatic carbocycles. The lowest BCUT2D eigenvalue weighted by atomic mass is 9.91. The molecule has 2 rings (SSSR count). The zero-order valence-electron chi connectivity index (χ0n) is 10.7. The van der Waals surface area contributed by atoms with Gasteiger partial charge in [-0.3, -0.25) is 0 Å². The maximum absolute atomic E-state index is 11.7. The number of halogens is 2. The molecule has 0 saturated heterocycles. The smallest absolute Gasteiger partial charge is 0.333 e. The standard InChI is InChI=1S/C15H13BrClNO2/c1-15(14(19)20,12-7-2-3-8-13(12)17)18-11-6-4-5-10(16)9-11/h2-9,18H,1H3,(H,19,20). The van der Waals surface area contributed by atoms with Crippen LogP contribution in [-0.4, -0.2) is 11.1 Å². The summed E-state index contributed by atoms with van der Waals surface area (Å²) in [5, 5.41) is 13.1. The number of carboxylic acids is 1. The van der Waals surface area contributed by atoms with E-state index in [-0.39, 0.29) is 0 Å². The van der Waals surface area contributed by atoms with Crippen molar-refractivity contribution in [1.29, 1.82) is 0 Å². The fourth-order valence-electron chi connectivity index (χ4n) is 1.96. The lowest BCUT2D eigenvalue weighted by Crippen LogP contribution is -2.40. The second kappa shape index (κ2) is 5.85. The van der Waals surface area contributed by atoms with Crippen LogP contribution in [0.3, 0.4) is 0 Å². The van der Waals surface area contributed by atoms with Gasteiger partial charge in [0.05, 0.1) is 0 Å². The Bertz CT molecular complexity index is 647. The summed E-state index contributed by atoms with van der Waals surface area (Å²) in [4.78, 5) is 11.7. The van der Waals surface area contributed by atoms with Gasteiger partial charge in [0.15, 0.2) is 5.54 Å². The molecule has 0 radical (unpaired) electrons. The minimum Gasteiger partial charge on any atom is -0.479 e. The molecule has 0 bridgehead atoms. The molecule has 20 heavy (non-hydrogen) atoms. The van der Waals surface area contributed by atoms with Crippen molar-refractivity contribution in [3.05, 3.63) is 63.6 Å². The van der Waals surface area contributed by atoms with Crippen LogP contribution in [0.2, 0.25) is 5.02 Å². The van der Waals surface area contributed by atoms with Crippen molar-refractivity contribution in [3.63, 3.8) is 0 Å². The first-order chi connectivity index (χ1) is 9.43. The molecule has 0 fully saturated rings. The molecule has 2 aromatic carbocycles. The molecule has 0 heterocycles. The highest BCUT2D eigenvalue weighted by molar-refractivity contribution is 9.10. The summed E-state index contributed by atoms with van der Waals surface area (Å²) < 4.78 is 0.870. The summed E-state index contributed by atoms with van der Waals surface area (Å²) in [6.45, 7) is 1.59. The van der Waals surface area contributed by atoms with Gasteiger partial charge in [-0.15, -0.1) is 0 Å². The number of rotatable bonds is 4. The Kier molecular flexibility index (Phi) is 4.35. The van der Waals surface area contributed by atoms with Gasteiger partial charge in [0.2, 0.25) is 0 Å². The third-order valence-electron chi connectivity index (χ3n) is 3.06. The first kappa shape index (κ1) is 14.9. The van der Waals surface area contributed by atoms with E-state index in [2.05, 4.69) is 21.2 Å². The van der Waals surface area contributed by atoms with E-state index in [0.717, 1.165) is 4.47 Å². The van der Waals surface area contributed by atoms with E-state index >= 15 is 0 Å². The summed E-state index contributed by atoms with van der Waals surface area (Å²) in [5.74, 6) is -0.995. The van der Waals surface area contributed by atoms with Crippen LogP contribution in [0.1, 0.15) is 12.5 Å². The molecule has 0 saturated carbocycles. The van der Waals surface area contributed by atoms with Crippen LogP contribution >= 0.6 is 27.5 Å². The summed E-state index contributed by atoms with van der Waals surface area (Å²) in [5.41, 5.74) is -0.0857. The van der Waals surface area contributed by atoms with Crippen LogP contribution in [-0.2, 0) is 10.3 Å². The van der Waals surface area contributed by atoms with E-state index < -0.39 is 11.5 Å². The fourth-order valence-corrected chi connectivity index (χ4v) is 2.68. The summed E-state index contributed by atoms with van der Waals surface area (Å²) >= 11 is 9.50. The number of hydrogen-bond acceptors (Lipinski definition) is 2. The highest BCUT2D eigenvalue weighted by Crippen LogP contribution is 2.32. The van der Waals surface area contributed by atoms with Gasteiger partial charge in [0.25, 0.3) is 0 Å². The largest absolute Gasteiger partial charge is 0.479 e. The topological polar surface area (TPSA) is 49.3 Å². The lowest BCUT2D eigenvalue weighted by molar-refractivity contribution is -0.142. The predicted molar refractivity (Wildman–Crippen MR) is 84.2 cm³/mol. The SMILES string of the molecule is CC(Nc1cccc(Br)c1)(C(=O)O)c1ccccc1Cl. The van der Waals surface area contributed by atoms with Gasteiger partial charge >= 0.3 is 5.97 Å². The first-order valence-electron chi connectivity index (χ1n) is 5.95. The van der Waals surface area contributed by atoms with Crippen LogP contribution in [0.5, 0.6) is 0 Å². The molecule has 5 heteroatoms. The first-order valence-corrected chi connectivity index (χ1v) is 7.13. The molecule has 0 amide bonds. The highest BCUT2D eigenvalue weighted by Gasteiger charge is 2.36. The average Bonchev–Trinajstić information content (AvgIpc) is 2.38. The van der Waals surface area contributed by atoms with Crippen molar-refractivity contribution in [2.24, 2.45) is 0 Å². The van der Waals surface area contributed by atoms with E-state index in [1.807, 2.05) is 24.3 Å². The zero-order chi connectivity index (χ0) is 14.8. The molecule has 1 unspecified atom stereocenters. The molecule has 2 N–H and O–H groups in total. The molecule has 2 aromatic rings. The quantitative estimate of drug-likeness (QED) is 0.849. The van der Waals surface area contributed by atoms with Crippen LogP contribution in [0.15, 0.2) is 53.0 Å². The number of hydrogen-bond donors (Lipinski definition) is 2. The van der Waals surface area contributed by atoms with Gasteiger partial charge < -0.3 is 10.4 Å². The van der Waals surface area contributed by atoms with Crippen LogP contribution in [0.4, 0.5) is 5.69 Å². The Labute approximate surface area is 130 Å². The molecule has 1 atom stereocenters. The number of carbonyl (C=O) groups is 1. The molecule has 104 valence electrons. The van der Waals surface area contributed by atoms with E-state index in [9.17, 15) is 9.90 Å². The van der Waals surface area contributed by atoms with Gasteiger partial charge in [-0.25, -0.2) is 4.79 Å². The minimum atomic E-state index is -1.31. The van der Waals surface area contributed by atoms with Gasteiger partial charge in [0.1, 0.15) is 0 Å². The van der Waals surface area contributed by atoms with Crippen molar-refractivity contribution in [3.8, 4) is 0 Å². The predicted octanol–water partition coefficient (Wildman–Crippen LogP) is 4.51. The molecule has 0 aliphatic heterocycles. The number of aliphatic carboxylic acids is 1. The number of nitrogens with one attached hydrogen (secondary N) is 1. The molecular weight excluding hydrogens is 342 g/mol. The van der Waals surface area contributed by atoms with Crippen LogP contribution in [0, 0.1) is 0 Å². The second-order valence-corrected chi connectivity index (χ2v) is 5.87. The summed E-state index contributed by atoms with van der Waals surface area (Å²) in [7, 11) is 0. The molecule has 0 spiro atoms. The normalized spacial score (nSPS) is 13.6. The van der Waals surface area contributed by atoms with E-state index in [4.69, 9.17) is 11.6 Å². The highest BCUT2D eigenvalue weighted by atomic mass is 79.9. The second-order valence-electron chi connectivity index (χ2n) is 4.55. The summed E-state index contributed by atoms with van der Waals surface area (Å²) in [6, 6.07) is 14.3. The van der Waals surface area contributed by atoms with Crippen LogP contribution in [0.25, 0.3) is 0 Å². The average molecular weight is 355 g/mol. The van der Waals surface area contributed by atoms with Crippen molar-refractivity contribution < 1.29 is 9.90 Å². The third kappa shape index (κ3) is 2.97. The molecule has 0 aliphatic rings. The fraction of sp³-hybridized carbons (Fsp3) is 0.133. The van der Waals surface area contributed by atoms with E-state index in [1.54, 1.807) is 31.2 Å². The Balaban J connectivity index is 2.46. The van der Waals surface area contributed by atoms with E-state index in [1.165, 1.54) is 0 Å². The number of benzene rings is 2. The Morgan fingerprint density at radius 3 is 2.55 bits per heavy atom. The maximum Gasteiger partial charge on any atom is 0.333 e. The molecule has 3 nitrogen and oxygen atoms in total. The van der Waals surface area contributed by atoms with Crippen molar-refractivity contribution in [1.82, 2.24) is 0 Å². The molecular formula is C15H13BrClNO2. The van der Waals surface area contributed by atoms with E-state index in [0.29, 0.717) is 16.3 Å². The van der Waals surface area contributed by atoms with Crippen LogP contribution < -0.4 is 5.32 Å².